The van der Waals surface area contributed by atoms with Gasteiger partial charge >= 0.3 is 0 Å². The van der Waals surface area contributed by atoms with E-state index in [1.165, 1.54) is 18.2 Å². The largest absolute Gasteiger partial charge is 0.457 e. The first kappa shape index (κ1) is 15.4. The highest BCUT2D eigenvalue weighted by molar-refractivity contribution is 5.42. The fraction of sp³-hybridized carbons (Fsp3) is 0.294. The molecule has 0 aliphatic rings. The predicted molar refractivity (Wildman–Crippen MR) is 79.6 cm³/mol. The molecule has 1 atom stereocenters. The zero-order valence-electron chi connectivity index (χ0n) is 12.2. The first-order chi connectivity index (χ1) is 10.0. The minimum Gasteiger partial charge on any atom is -0.457 e. The summed E-state index contributed by atoms with van der Waals surface area (Å²) in [7, 11) is 0. The van der Waals surface area contributed by atoms with Gasteiger partial charge < -0.3 is 10.5 Å². The highest BCUT2D eigenvalue weighted by atomic mass is 19.1. The lowest BCUT2D eigenvalue weighted by Gasteiger charge is -2.16. The Morgan fingerprint density at radius 3 is 2.57 bits per heavy atom. The van der Waals surface area contributed by atoms with Crippen molar-refractivity contribution in [2.24, 2.45) is 5.73 Å². The van der Waals surface area contributed by atoms with E-state index in [0.29, 0.717) is 29.0 Å². The topological polar surface area (TPSA) is 35.2 Å². The van der Waals surface area contributed by atoms with E-state index < -0.39 is 0 Å². The molecule has 2 rings (SSSR count). The zero-order valence-corrected chi connectivity index (χ0v) is 12.2. The van der Waals surface area contributed by atoms with Crippen molar-refractivity contribution in [3.8, 4) is 11.5 Å². The SMILES string of the molecule is CCC(N)Cc1c(F)cccc1Oc1ccc(F)cc1C. The van der Waals surface area contributed by atoms with Crippen LogP contribution < -0.4 is 10.5 Å². The summed E-state index contributed by atoms with van der Waals surface area (Å²) in [4.78, 5) is 0. The molecule has 21 heavy (non-hydrogen) atoms. The van der Waals surface area contributed by atoms with Crippen molar-refractivity contribution >= 4 is 0 Å². The number of hydrogen-bond donors (Lipinski definition) is 1. The molecule has 0 heterocycles. The van der Waals surface area contributed by atoms with Gasteiger partial charge in [-0.2, -0.15) is 0 Å². The molecule has 0 aliphatic heterocycles. The number of ether oxygens (including phenoxy) is 1. The third-order valence-electron chi connectivity index (χ3n) is 3.42. The highest BCUT2D eigenvalue weighted by Gasteiger charge is 2.14. The number of benzene rings is 2. The van der Waals surface area contributed by atoms with Crippen LogP contribution in [0.3, 0.4) is 0 Å². The van der Waals surface area contributed by atoms with Gasteiger partial charge in [0.25, 0.3) is 0 Å². The van der Waals surface area contributed by atoms with Gasteiger partial charge in [0, 0.05) is 11.6 Å². The van der Waals surface area contributed by atoms with E-state index in [1.807, 2.05) is 6.92 Å². The summed E-state index contributed by atoms with van der Waals surface area (Å²) in [5.41, 5.74) is 7.03. The van der Waals surface area contributed by atoms with E-state index in [1.54, 1.807) is 25.1 Å². The number of rotatable bonds is 5. The molecule has 0 aliphatic carbocycles. The quantitative estimate of drug-likeness (QED) is 0.889. The Kier molecular flexibility index (Phi) is 4.91. The van der Waals surface area contributed by atoms with Gasteiger partial charge in [-0.1, -0.05) is 13.0 Å². The van der Waals surface area contributed by atoms with Crippen LogP contribution in [0.1, 0.15) is 24.5 Å². The van der Waals surface area contributed by atoms with Crippen LogP contribution in [0.25, 0.3) is 0 Å². The minimum atomic E-state index is -0.337. The Labute approximate surface area is 123 Å². The molecule has 0 spiro atoms. The van der Waals surface area contributed by atoms with Crippen molar-refractivity contribution in [1.82, 2.24) is 0 Å². The maximum atomic E-state index is 14.0. The lowest BCUT2D eigenvalue weighted by molar-refractivity contribution is 0.456. The number of aryl methyl sites for hydroxylation is 1. The molecule has 2 N–H and O–H groups in total. The van der Waals surface area contributed by atoms with Gasteiger partial charge in [0.05, 0.1) is 0 Å². The van der Waals surface area contributed by atoms with Gasteiger partial charge in [0.2, 0.25) is 0 Å². The maximum Gasteiger partial charge on any atom is 0.133 e. The van der Waals surface area contributed by atoms with Crippen LogP contribution in [0.15, 0.2) is 36.4 Å². The zero-order chi connectivity index (χ0) is 15.4. The molecule has 0 amide bonds. The monoisotopic (exact) mass is 291 g/mol. The van der Waals surface area contributed by atoms with E-state index in [4.69, 9.17) is 10.5 Å². The summed E-state index contributed by atoms with van der Waals surface area (Å²) in [6.45, 7) is 3.70. The lowest BCUT2D eigenvalue weighted by Crippen LogP contribution is -2.22. The van der Waals surface area contributed by atoms with Gasteiger partial charge in [-0.05, 0) is 55.7 Å². The van der Waals surface area contributed by atoms with Crippen molar-refractivity contribution in [2.75, 3.05) is 0 Å². The molecule has 1 unspecified atom stereocenters. The molecule has 2 nitrogen and oxygen atoms in total. The Morgan fingerprint density at radius 1 is 1.14 bits per heavy atom. The smallest absolute Gasteiger partial charge is 0.133 e. The Bertz CT molecular complexity index is 628. The van der Waals surface area contributed by atoms with E-state index in [2.05, 4.69) is 0 Å². The summed E-state index contributed by atoms with van der Waals surface area (Å²) < 4.78 is 32.9. The molecule has 2 aromatic rings. The van der Waals surface area contributed by atoms with E-state index in [-0.39, 0.29) is 17.7 Å². The minimum absolute atomic E-state index is 0.126. The maximum absolute atomic E-state index is 14.0. The Hall–Kier alpha value is -1.94. The predicted octanol–water partition coefficient (Wildman–Crippen LogP) is 4.35. The third kappa shape index (κ3) is 3.79. The van der Waals surface area contributed by atoms with Crippen LogP contribution in [0.4, 0.5) is 8.78 Å². The lowest BCUT2D eigenvalue weighted by atomic mass is 10.0. The van der Waals surface area contributed by atoms with Crippen molar-refractivity contribution in [3.63, 3.8) is 0 Å². The highest BCUT2D eigenvalue weighted by Crippen LogP contribution is 2.30. The summed E-state index contributed by atoms with van der Waals surface area (Å²) in [6.07, 6.45) is 1.15. The summed E-state index contributed by atoms with van der Waals surface area (Å²) in [5.74, 6) is 0.269. The molecule has 0 aromatic heterocycles. The standard InChI is InChI=1S/C17H19F2NO/c1-3-13(20)10-14-15(19)5-4-6-17(14)21-16-8-7-12(18)9-11(16)2/h4-9,13H,3,10,20H2,1-2H3. The fourth-order valence-electron chi connectivity index (χ4n) is 2.08. The molecular weight excluding hydrogens is 272 g/mol. The van der Waals surface area contributed by atoms with Crippen molar-refractivity contribution in [1.29, 1.82) is 0 Å². The van der Waals surface area contributed by atoms with Crippen LogP contribution in [-0.2, 0) is 6.42 Å². The molecule has 0 saturated heterocycles. The normalized spacial score (nSPS) is 12.2. The summed E-state index contributed by atoms with van der Waals surface area (Å²) in [6, 6.07) is 8.79. The van der Waals surface area contributed by atoms with Gasteiger partial charge in [-0.3, -0.25) is 0 Å². The molecule has 0 bridgehead atoms. The Morgan fingerprint density at radius 2 is 1.90 bits per heavy atom. The molecule has 0 radical (unpaired) electrons. The average Bonchev–Trinajstić information content (AvgIpc) is 2.45. The first-order valence-corrected chi connectivity index (χ1v) is 6.98. The summed E-state index contributed by atoms with van der Waals surface area (Å²) in [5, 5.41) is 0. The Balaban J connectivity index is 2.33. The van der Waals surface area contributed by atoms with E-state index >= 15 is 0 Å². The van der Waals surface area contributed by atoms with E-state index in [9.17, 15) is 8.78 Å². The van der Waals surface area contributed by atoms with Gasteiger partial charge in [-0.15, -0.1) is 0 Å². The third-order valence-corrected chi connectivity index (χ3v) is 3.42. The van der Waals surface area contributed by atoms with Crippen LogP contribution in [0, 0.1) is 18.6 Å². The van der Waals surface area contributed by atoms with Gasteiger partial charge in [0.1, 0.15) is 23.1 Å². The van der Waals surface area contributed by atoms with Gasteiger partial charge in [0.15, 0.2) is 0 Å². The second-order valence-corrected chi connectivity index (χ2v) is 5.10. The molecule has 0 saturated carbocycles. The van der Waals surface area contributed by atoms with Crippen LogP contribution in [0.5, 0.6) is 11.5 Å². The fourth-order valence-corrected chi connectivity index (χ4v) is 2.08. The molecule has 0 fully saturated rings. The van der Waals surface area contributed by atoms with Crippen LogP contribution in [-0.4, -0.2) is 6.04 Å². The van der Waals surface area contributed by atoms with Crippen molar-refractivity contribution < 1.29 is 13.5 Å². The molecule has 2 aromatic carbocycles. The van der Waals surface area contributed by atoms with E-state index in [0.717, 1.165) is 6.42 Å². The second-order valence-electron chi connectivity index (χ2n) is 5.10. The average molecular weight is 291 g/mol. The van der Waals surface area contributed by atoms with Crippen molar-refractivity contribution in [2.45, 2.75) is 32.7 Å². The first-order valence-electron chi connectivity index (χ1n) is 6.98. The van der Waals surface area contributed by atoms with Crippen LogP contribution in [0.2, 0.25) is 0 Å². The number of halogens is 2. The number of hydrogen-bond acceptors (Lipinski definition) is 2. The van der Waals surface area contributed by atoms with Crippen LogP contribution >= 0.6 is 0 Å². The summed E-state index contributed by atoms with van der Waals surface area (Å²) >= 11 is 0. The van der Waals surface area contributed by atoms with Gasteiger partial charge in [-0.25, -0.2) is 8.78 Å². The second kappa shape index (κ2) is 6.68. The molecule has 4 heteroatoms. The molecule has 112 valence electrons. The molecular formula is C17H19F2NO. The number of nitrogens with two attached hydrogens (primary N) is 1. The van der Waals surface area contributed by atoms with Crippen molar-refractivity contribution in [3.05, 3.63) is 59.2 Å².